The van der Waals surface area contributed by atoms with Gasteiger partial charge in [0.15, 0.2) is 0 Å². The van der Waals surface area contributed by atoms with Crippen molar-refractivity contribution in [1.82, 2.24) is 15.5 Å². The lowest BCUT2D eigenvalue weighted by Gasteiger charge is -2.18. The zero-order chi connectivity index (χ0) is 20.8. The van der Waals surface area contributed by atoms with E-state index in [0.29, 0.717) is 21.6 Å². The van der Waals surface area contributed by atoms with E-state index in [1.54, 1.807) is 19.1 Å². The molecule has 0 fully saturated rings. The summed E-state index contributed by atoms with van der Waals surface area (Å²) in [5, 5.41) is 14.4. The van der Waals surface area contributed by atoms with Gasteiger partial charge in [-0.3, -0.25) is 14.9 Å². The van der Waals surface area contributed by atoms with E-state index in [1.165, 1.54) is 11.3 Å². The van der Waals surface area contributed by atoms with E-state index in [1.807, 2.05) is 42.5 Å². The lowest BCUT2D eigenvalue weighted by molar-refractivity contribution is -0.126. The Balaban J connectivity index is 1.73. The Morgan fingerprint density at radius 3 is 2.38 bits per heavy atom. The highest BCUT2D eigenvalue weighted by Crippen LogP contribution is 2.27. The molecule has 2 atom stereocenters. The minimum absolute atomic E-state index is 0.324. The van der Waals surface area contributed by atoms with Crippen LogP contribution in [0.2, 0.25) is 5.02 Å². The number of nitrogens with zero attached hydrogens (tertiary/aromatic N) is 2. The van der Waals surface area contributed by atoms with Crippen molar-refractivity contribution in [2.45, 2.75) is 24.8 Å². The summed E-state index contributed by atoms with van der Waals surface area (Å²) in [6.45, 7) is 1.55. The maximum Gasteiger partial charge on any atom is 0.249 e. The number of alkyl halides is 1. The van der Waals surface area contributed by atoms with Gasteiger partial charge in [-0.25, -0.2) is 0 Å². The number of rotatable bonds is 7. The Labute approximate surface area is 182 Å². The summed E-state index contributed by atoms with van der Waals surface area (Å²) in [6, 6.07) is 15.8. The number of hydrogen-bond acceptors (Lipinski definition) is 5. The number of halogens is 2. The molecule has 0 unspecified atom stereocenters. The molecule has 0 aliphatic rings. The van der Waals surface area contributed by atoms with Crippen molar-refractivity contribution in [1.29, 1.82) is 0 Å². The first-order valence-electron chi connectivity index (χ1n) is 8.81. The number of anilines is 1. The molecule has 9 heteroatoms. The summed E-state index contributed by atoms with van der Waals surface area (Å²) in [5.74, 6) is -0.805. The van der Waals surface area contributed by atoms with Crippen LogP contribution in [-0.4, -0.2) is 33.4 Å². The quantitative estimate of drug-likeness (QED) is 0.531. The molecular weight excluding hydrogens is 431 g/mol. The third kappa shape index (κ3) is 6.00. The molecule has 3 rings (SSSR count). The Bertz CT molecular complexity index is 978. The van der Waals surface area contributed by atoms with Crippen molar-refractivity contribution >= 4 is 51.5 Å². The topological polar surface area (TPSA) is 84.0 Å². The molecule has 150 valence electrons. The third-order valence-electron chi connectivity index (χ3n) is 4.02. The molecule has 1 heterocycles. The minimum Gasteiger partial charge on any atom is -0.343 e. The van der Waals surface area contributed by atoms with Crippen molar-refractivity contribution in [2.75, 3.05) is 5.32 Å². The maximum absolute atomic E-state index is 12.8. The summed E-state index contributed by atoms with van der Waals surface area (Å²) in [5.41, 5.74) is 1.76. The first-order valence-corrected chi connectivity index (χ1v) is 10.4. The van der Waals surface area contributed by atoms with Crippen molar-refractivity contribution in [3.8, 4) is 10.6 Å². The monoisotopic (exact) mass is 448 g/mol. The van der Waals surface area contributed by atoms with Crippen LogP contribution in [-0.2, 0) is 16.0 Å². The zero-order valence-electron chi connectivity index (χ0n) is 15.4. The largest absolute Gasteiger partial charge is 0.343 e. The van der Waals surface area contributed by atoms with Gasteiger partial charge >= 0.3 is 0 Å². The van der Waals surface area contributed by atoms with E-state index in [-0.39, 0.29) is 0 Å². The molecule has 1 aromatic heterocycles. The molecule has 2 N–H and O–H groups in total. The molecule has 0 spiro atoms. The minimum atomic E-state index is -0.797. The average molecular weight is 449 g/mol. The molecule has 2 aromatic carbocycles. The standard InChI is InChI=1S/C20H18Cl2N4O2S/c1-12(21)17(27)23-16(11-13-5-3-2-4-6-13)18(28)24-20-26-25-19(29-20)14-7-9-15(22)10-8-14/h2-10,12,16H,11H2,1H3,(H,23,27)(H,24,26,28)/t12-,16-/m1/s1. The summed E-state index contributed by atoms with van der Waals surface area (Å²) >= 11 is 13.0. The predicted molar refractivity (Wildman–Crippen MR) is 116 cm³/mol. The number of aromatic nitrogens is 2. The Morgan fingerprint density at radius 2 is 1.72 bits per heavy atom. The highest BCUT2D eigenvalue weighted by molar-refractivity contribution is 7.18. The van der Waals surface area contributed by atoms with Crippen LogP contribution in [0.15, 0.2) is 54.6 Å². The molecule has 29 heavy (non-hydrogen) atoms. The molecule has 0 aliphatic carbocycles. The van der Waals surface area contributed by atoms with Crippen LogP contribution < -0.4 is 10.6 Å². The fourth-order valence-electron chi connectivity index (χ4n) is 2.52. The van der Waals surface area contributed by atoms with E-state index in [0.717, 1.165) is 11.1 Å². The second-order valence-corrected chi connectivity index (χ2v) is 8.34. The lowest BCUT2D eigenvalue weighted by atomic mass is 10.1. The van der Waals surface area contributed by atoms with Crippen LogP contribution in [0.3, 0.4) is 0 Å². The van der Waals surface area contributed by atoms with Gasteiger partial charge in [-0.1, -0.05) is 65.4 Å². The van der Waals surface area contributed by atoms with Crippen LogP contribution in [0.5, 0.6) is 0 Å². The number of carbonyl (C=O) groups is 2. The van der Waals surface area contributed by atoms with Crippen LogP contribution in [0.4, 0.5) is 5.13 Å². The average Bonchev–Trinajstić information content (AvgIpc) is 3.17. The highest BCUT2D eigenvalue weighted by atomic mass is 35.5. The molecule has 0 bridgehead atoms. The Kier molecular flexibility index (Phi) is 7.19. The van der Waals surface area contributed by atoms with E-state index in [2.05, 4.69) is 20.8 Å². The summed E-state index contributed by atoms with van der Waals surface area (Å²) < 4.78 is 0. The van der Waals surface area contributed by atoms with Crippen LogP contribution in [0.1, 0.15) is 12.5 Å². The number of benzene rings is 2. The van der Waals surface area contributed by atoms with Gasteiger partial charge in [-0.15, -0.1) is 21.8 Å². The van der Waals surface area contributed by atoms with Crippen LogP contribution in [0, 0.1) is 0 Å². The Morgan fingerprint density at radius 1 is 1.03 bits per heavy atom. The van der Waals surface area contributed by atoms with E-state index < -0.39 is 23.2 Å². The fraction of sp³-hybridized carbons (Fsp3) is 0.200. The maximum atomic E-state index is 12.8. The number of hydrogen-bond donors (Lipinski definition) is 2. The number of carbonyl (C=O) groups excluding carboxylic acids is 2. The second-order valence-electron chi connectivity index (χ2n) is 6.28. The number of nitrogens with one attached hydrogen (secondary N) is 2. The lowest BCUT2D eigenvalue weighted by Crippen LogP contribution is -2.47. The number of amides is 2. The SMILES string of the molecule is C[C@@H](Cl)C(=O)N[C@H](Cc1ccccc1)C(=O)Nc1nnc(-c2ccc(Cl)cc2)s1. The van der Waals surface area contributed by atoms with Gasteiger partial charge < -0.3 is 5.32 Å². The molecule has 0 radical (unpaired) electrons. The van der Waals surface area contributed by atoms with E-state index in [9.17, 15) is 9.59 Å². The predicted octanol–water partition coefficient (Wildman–Crippen LogP) is 4.15. The van der Waals surface area contributed by atoms with E-state index >= 15 is 0 Å². The second kappa shape index (κ2) is 9.82. The van der Waals surface area contributed by atoms with Gasteiger partial charge in [-0.05, 0) is 24.6 Å². The van der Waals surface area contributed by atoms with Crippen LogP contribution in [0.25, 0.3) is 10.6 Å². The molecular formula is C20H18Cl2N4O2S. The summed E-state index contributed by atoms with van der Waals surface area (Å²) in [6.07, 6.45) is 0.324. The van der Waals surface area contributed by atoms with Gasteiger partial charge in [0.05, 0.1) is 0 Å². The van der Waals surface area contributed by atoms with Gasteiger partial charge in [0.2, 0.25) is 16.9 Å². The molecule has 2 amide bonds. The van der Waals surface area contributed by atoms with Crippen molar-refractivity contribution in [3.05, 3.63) is 65.2 Å². The van der Waals surface area contributed by atoms with Crippen molar-refractivity contribution in [3.63, 3.8) is 0 Å². The molecule has 3 aromatic rings. The third-order valence-corrected chi connectivity index (χ3v) is 5.36. The smallest absolute Gasteiger partial charge is 0.249 e. The fourth-order valence-corrected chi connectivity index (χ4v) is 3.46. The molecule has 0 saturated heterocycles. The first kappa shape index (κ1) is 21.2. The van der Waals surface area contributed by atoms with Crippen molar-refractivity contribution < 1.29 is 9.59 Å². The van der Waals surface area contributed by atoms with E-state index in [4.69, 9.17) is 23.2 Å². The highest BCUT2D eigenvalue weighted by Gasteiger charge is 2.24. The van der Waals surface area contributed by atoms with Gasteiger partial charge in [0.25, 0.3) is 0 Å². The zero-order valence-corrected chi connectivity index (χ0v) is 17.8. The first-order chi connectivity index (χ1) is 13.9. The summed E-state index contributed by atoms with van der Waals surface area (Å²) in [7, 11) is 0. The van der Waals surface area contributed by atoms with Gasteiger partial charge in [0.1, 0.15) is 16.4 Å². The molecule has 0 saturated carbocycles. The van der Waals surface area contributed by atoms with Crippen LogP contribution >= 0.6 is 34.5 Å². The van der Waals surface area contributed by atoms with Gasteiger partial charge in [0, 0.05) is 17.0 Å². The molecule has 6 nitrogen and oxygen atoms in total. The Hall–Kier alpha value is -2.48. The van der Waals surface area contributed by atoms with Gasteiger partial charge in [-0.2, -0.15) is 0 Å². The molecule has 0 aliphatic heterocycles. The van der Waals surface area contributed by atoms with Crippen molar-refractivity contribution in [2.24, 2.45) is 0 Å². The summed E-state index contributed by atoms with van der Waals surface area (Å²) in [4.78, 5) is 24.9. The normalized spacial score (nSPS) is 12.8.